The highest BCUT2D eigenvalue weighted by molar-refractivity contribution is 5.84. The number of rotatable bonds is 5. The lowest BCUT2D eigenvalue weighted by Gasteiger charge is -2.01. The zero-order chi connectivity index (χ0) is 18.1. The average Bonchev–Trinajstić information content (AvgIpc) is 3.23. The number of methoxy groups -OCH3 is 1. The summed E-state index contributed by atoms with van der Waals surface area (Å²) in [5.74, 6) is 1.23. The van der Waals surface area contributed by atoms with E-state index >= 15 is 0 Å². The summed E-state index contributed by atoms with van der Waals surface area (Å²) >= 11 is 0. The molecule has 1 N–H and O–H groups in total. The topological polar surface area (TPSA) is 81.7 Å². The third kappa shape index (κ3) is 2.99. The summed E-state index contributed by atoms with van der Waals surface area (Å²) in [4.78, 5) is 20.8. The first-order valence-electron chi connectivity index (χ1n) is 8.25. The maximum absolute atomic E-state index is 12.2. The molecular formula is C19H18N4O3. The Labute approximate surface area is 149 Å². The van der Waals surface area contributed by atoms with Gasteiger partial charge in [0.05, 0.1) is 32.0 Å². The average molecular weight is 350 g/mol. The van der Waals surface area contributed by atoms with Crippen LogP contribution in [0.15, 0.2) is 47.3 Å². The van der Waals surface area contributed by atoms with Gasteiger partial charge in [0, 0.05) is 23.5 Å². The number of nitrogens with zero attached hydrogens (tertiary/aromatic N) is 3. The van der Waals surface area contributed by atoms with Crippen molar-refractivity contribution in [1.82, 2.24) is 19.7 Å². The Morgan fingerprint density at radius 1 is 1.35 bits per heavy atom. The molecule has 4 rings (SSSR count). The van der Waals surface area contributed by atoms with Gasteiger partial charge < -0.3 is 18.9 Å². The number of imidazole rings is 1. The van der Waals surface area contributed by atoms with Crippen molar-refractivity contribution >= 4 is 22.5 Å². The number of aryl methyl sites for hydroxylation is 1. The minimum absolute atomic E-state index is 0.119. The Kier molecular flexibility index (Phi) is 4.04. The molecule has 1 aromatic carbocycles. The van der Waals surface area contributed by atoms with E-state index in [-0.39, 0.29) is 12.3 Å². The van der Waals surface area contributed by atoms with Crippen LogP contribution in [-0.2, 0) is 17.8 Å². The molecule has 7 heteroatoms. The molecule has 0 fully saturated rings. The van der Waals surface area contributed by atoms with Crippen LogP contribution in [0.2, 0.25) is 0 Å². The third-order valence-corrected chi connectivity index (χ3v) is 4.19. The van der Waals surface area contributed by atoms with Gasteiger partial charge in [0.25, 0.3) is 0 Å². The number of para-hydroxylation sites is 1. The first kappa shape index (κ1) is 16.1. The Morgan fingerprint density at radius 3 is 3.04 bits per heavy atom. The highest BCUT2D eigenvalue weighted by atomic mass is 16.5. The number of benzene rings is 1. The lowest BCUT2D eigenvalue weighted by molar-refractivity contribution is -0.120. The summed E-state index contributed by atoms with van der Waals surface area (Å²) in [5, 5.41) is 3.81. The van der Waals surface area contributed by atoms with E-state index in [9.17, 15) is 4.79 Å². The van der Waals surface area contributed by atoms with Gasteiger partial charge in [0.1, 0.15) is 5.76 Å². The highest BCUT2D eigenvalue weighted by Crippen LogP contribution is 2.28. The number of fused-ring (bicyclic) bond motifs is 2. The lowest BCUT2D eigenvalue weighted by Crippen LogP contribution is -2.24. The van der Waals surface area contributed by atoms with Crippen molar-refractivity contribution in [1.29, 1.82) is 0 Å². The molecule has 0 aliphatic rings. The van der Waals surface area contributed by atoms with Gasteiger partial charge >= 0.3 is 0 Å². The van der Waals surface area contributed by atoms with Crippen molar-refractivity contribution in [3.05, 3.63) is 60.0 Å². The number of furan rings is 1. The van der Waals surface area contributed by atoms with Crippen molar-refractivity contribution in [3.63, 3.8) is 0 Å². The number of hydrogen-bond acceptors (Lipinski definition) is 5. The molecule has 3 aromatic heterocycles. The number of carbonyl (C=O) groups excluding carboxylic acids is 1. The normalized spacial score (nSPS) is 11.2. The minimum atomic E-state index is -0.119. The molecule has 26 heavy (non-hydrogen) atoms. The molecule has 0 saturated carbocycles. The molecule has 0 saturated heterocycles. The quantitative estimate of drug-likeness (QED) is 0.598. The highest BCUT2D eigenvalue weighted by Gasteiger charge is 2.12. The number of nitrogens with one attached hydrogen (secondary N) is 1. The monoisotopic (exact) mass is 350 g/mol. The second-order valence-electron chi connectivity index (χ2n) is 6.05. The molecular weight excluding hydrogens is 332 g/mol. The molecule has 0 unspecified atom stereocenters. The largest absolute Gasteiger partial charge is 0.493 e. The molecule has 0 spiro atoms. The minimum Gasteiger partial charge on any atom is -0.493 e. The SMILES string of the molecule is COc1cccc2cc(CNC(=O)Cc3cn4c(C)cncc4n3)oc12. The molecule has 0 aliphatic heterocycles. The fourth-order valence-corrected chi connectivity index (χ4v) is 2.93. The van der Waals surface area contributed by atoms with Crippen LogP contribution in [-0.4, -0.2) is 27.4 Å². The summed E-state index contributed by atoms with van der Waals surface area (Å²) < 4.78 is 13.0. The van der Waals surface area contributed by atoms with Gasteiger partial charge in [-0.2, -0.15) is 0 Å². The van der Waals surface area contributed by atoms with Gasteiger partial charge in [-0.15, -0.1) is 0 Å². The summed E-state index contributed by atoms with van der Waals surface area (Å²) in [7, 11) is 1.60. The van der Waals surface area contributed by atoms with Crippen LogP contribution >= 0.6 is 0 Å². The number of carbonyl (C=O) groups is 1. The first-order chi connectivity index (χ1) is 12.6. The summed E-state index contributed by atoms with van der Waals surface area (Å²) in [5.41, 5.74) is 3.09. The molecule has 0 radical (unpaired) electrons. The van der Waals surface area contributed by atoms with Crippen LogP contribution in [0.5, 0.6) is 5.75 Å². The molecule has 0 aliphatic carbocycles. The lowest BCUT2D eigenvalue weighted by atomic mass is 10.2. The van der Waals surface area contributed by atoms with Crippen molar-refractivity contribution in [2.24, 2.45) is 0 Å². The van der Waals surface area contributed by atoms with E-state index in [0.717, 1.165) is 16.7 Å². The molecule has 0 atom stereocenters. The van der Waals surface area contributed by atoms with Crippen LogP contribution < -0.4 is 10.1 Å². The van der Waals surface area contributed by atoms with E-state index in [2.05, 4.69) is 15.3 Å². The van der Waals surface area contributed by atoms with Crippen LogP contribution in [0.25, 0.3) is 16.6 Å². The summed E-state index contributed by atoms with van der Waals surface area (Å²) in [6, 6.07) is 7.59. The predicted octanol–water partition coefficient (Wildman–Crippen LogP) is 2.65. The van der Waals surface area contributed by atoms with E-state index in [1.54, 1.807) is 19.5 Å². The molecule has 132 valence electrons. The smallest absolute Gasteiger partial charge is 0.226 e. The summed E-state index contributed by atoms with van der Waals surface area (Å²) in [6.07, 6.45) is 5.49. The van der Waals surface area contributed by atoms with Crippen LogP contribution in [0.4, 0.5) is 0 Å². The predicted molar refractivity (Wildman–Crippen MR) is 96.0 cm³/mol. The second-order valence-corrected chi connectivity index (χ2v) is 6.05. The molecule has 0 bridgehead atoms. The first-order valence-corrected chi connectivity index (χ1v) is 8.25. The van der Waals surface area contributed by atoms with Gasteiger partial charge in [-0.3, -0.25) is 9.78 Å². The molecule has 3 heterocycles. The standard InChI is InChI=1S/C19H18N4O3/c1-12-8-20-10-17-22-14(11-23(12)17)7-18(24)21-9-15-6-13-4-3-5-16(25-2)19(13)26-15/h3-6,8,10-11H,7,9H2,1-2H3,(H,21,24). The van der Waals surface area contributed by atoms with Crippen LogP contribution in [0.3, 0.4) is 0 Å². The van der Waals surface area contributed by atoms with Gasteiger partial charge in [-0.1, -0.05) is 12.1 Å². The number of hydrogen-bond donors (Lipinski definition) is 1. The van der Waals surface area contributed by atoms with Crippen LogP contribution in [0, 0.1) is 6.92 Å². The molecule has 4 aromatic rings. The third-order valence-electron chi connectivity index (χ3n) is 4.19. The van der Waals surface area contributed by atoms with E-state index in [0.29, 0.717) is 29.3 Å². The fraction of sp³-hybridized carbons (Fsp3) is 0.211. The Bertz CT molecular complexity index is 1100. The number of ether oxygens (including phenoxy) is 1. The Morgan fingerprint density at radius 2 is 2.23 bits per heavy atom. The second kappa shape index (κ2) is 6.51. The van der Waals surface area contributed by atoms with Gasteiger partial charge in [0.15, 0.2) is 17.0 Å². The van der Waals surface area contributed by atoms with E-state index in [4.69, 9.17) is 9.15 Å². The maximum Gasteiger partial charge on any atom is 0.226 e. The molecule has 7 nitrogen and oxygen atoms in total. The zero-order valence-corrected chi connectivity index (χ0v) is 14.5. The maximum atomic E-state index is 12.2. The van der Waals surface area contributed by atoms with Crippen molar-refractivity contribution in [3.8, 4) is 5.75 Å². The Hall–Kier alpha value is -3.35. The van der Waals surface area contributed by atoms with Gasteiger partial charge in [-0.25, -0.2) is 4.98 Å². The van der Waals surface area contributed by atoms with Gasteiger partial charge in [-0.05, 0) is 19.1 Å². The van der Waals surface area contributed by atoms with Crippen LogP contribution in [0.1, 0.15) is 17.1 Å². The van der Waals surface area contributed by atoms with Crippen molar-refractivity contribution < 1.29 is 13.9 Å². The Balaban J connectivity index is 1.44. The van der Waals surface area contributed by atoms with Crippen molar-refractivity contribution in [2.75, 3.05) is 7.11 Å². The fourth-order valence-electron chi connectivity index (χ4n) is 2.93. The number of amides is 1. The van der Waals surface area contributed by atoms with E-state index in [1.165, 1.54) is 0 Å². The zero-order valence-electron chi connectivity index (χ0n) is 14.5. The number of aromatic nitrogens is 3. The van der Waals surface area contributed by atoms with Gasteiger partial charge in [0.2, 0.25) is 5.91 Å². The van der Waals surface area contributed by atoms with E-state index < -0.39 is 0 Å². The van der Waals surface area contributed by atoms with Crippen molar-refractivity contribution in [2.45, 2.75) is 19.9 Å². The molecule has 1 amide bonds. The summed E-state index contributed by atoms with van der Waals surface area (Å²) in [6.45, 7) is 2.26. The van der Waals surface area contributed by atoms with E-state index in [1.807, 2.05) is 41.8 Å².